The molecular formula is C18H34N4O7. The summed E-state index contributed by atoms with van der Waals surface area (Å²) in [5, 5.41) is 34.8. The van der Waals surface area contributed by atoms with E-state index in [2.05, 4.69) is 16.0 Å². The summed E-state index contributed by atoms with van der Waals surface area (Å²) in [6.07, 6.45) is -1.08. The predicted molar refractivity (Wildman–Crippen MR) is 104 cm³/mol. The van der Waals surface area contributed by atoms with E-state index >= 15 is 0 Å². The van der Waals surface area contributed by atoms with Crippen LogP contribution in [0, 0.1) is 11.8 Å². The Morgan fingerprint density at radius 3 is 1.76 bits per heavy atom. The number of aliphatic carboxylic acids is 1. The number of aliphatic hydroxyl groups is 2. The number of carboxylic acids is 1. The summed E-state index contributed by atoms with van der Waals surface area (Å²) in [5.41, 5.74) is 5.47. The van der Waals surface area contributed by atoms with Crippen molar-refractivity contribution in [2.75, 3.05) is 6.61 Å². The van der Waals surface area contributed by atoms with E-state index in [0.717, 1.165) is 0 Å². The molecule has 0 saturated carbocycles. The molecule has 0 aromatic heterocycles. The van der Waals surface area contributed by atoms with Crippen molar-refractivity contribution in [2.45, 2.75) is 71.3 Å². The molecule has 0 aliphatic heterocycles. The van der Waals surface area contributed by atoms with Crippen molar-refractivity contribution in [3.63, 3.8) is 0 Å². The maximum atomic E-state index is 12.7. The summed E-state index contributed by atoms with van der Waals surface area (Å²) in [5.74, 6) is -3.92. The zero-order valence-electron chi connectivity index (χ0n) is 17.5. The average Bonchev–Trinajstić information content (AvgIpc) is 2.60. The number of hydrogen-bond donors (Lipinski definition) is 7. The third-order valence-corrected chi connectivity index (χ3v) is 4.17. The third kappa shape index (κ3) is 9.20. The molecule has 5 unspecified atom stereocenters. The molecule has 0 saturated heterocycles. The van der Waals surface area contributed by atoms with Gasteiger partial charge in [-0.1, -0.05) is 27.7 Å². The van der Waals surface area contributed by atoms with Gasteiger partial charge in [0, 0.05) is 0 Å². The van der Waals surface area contributed by atoms with Gasteiger partial charge in [0.25, 0.3) is 0 Å². The summed E-state index contributed by atoms with van der Waals surface area (Å²) in [6.45, 7) is 7.62. The van der Waals surface area contributed by atoms with Crippen LogP contribution in [0.5, 0.6) is 0 Å². The van der Waals surface area contributed by atoms with Gasteiger partial charge in [-0.2, -0.15) is 0 Å². The number of nitrogens with two attached hydrogens (primary N) is 1. The van der Waals surface area contributed by atoms with Gasteiger partial charge in [0.1, 0.15) is 18.1 Å². The fraction of sp³-hybridized carbons (Fsp3) is 0.778. The molecule has 168 valence electrons. The summed E-state index contributed by atoms with van der Waals surface area (Å²) in [4.78, 5) is 48.4. The quantitative estimate of drug-likeness (QED) is 0.188. The molecule has 0 rings (SSSR count). The van der Waals surface area contributed by atoms with E-state index in [1.54, 1.807) is 13.8 Å². The van der Waals surface area contributed by atoms with Gasteiger partial charge < -0.3 is 37.0 Å². The minimum atomic E-state index is -1.53. The smallest absolute Gasteiger partial charge is 0.328 e. The normalized spacial score (nSPS) is 16.5. The highest BCUT2D eigenvalue weighted by Crippen LogP contribution is 2.09. The second-order valence-electron chi connectivity index (χ2n) is 7.78. The molecule has 0 spiro atoms. The van der Waals surface area contributed by atoms with Crippen LogP contribution >= 0.6 is 0 Å². The SMILES string of the molecule is CC(C)CC(NC(=O)C(N)CO)C(=O)NC(C(=O)NC(C(=O)O)C(C)O)C(C)C. The van der Waals surface area contributed by atoms with E-state index in [-0.39, 0.29) is 12.3 Å². The van der Waals surface area contributed by atoms with E-state index < -0.39 is 66.5 Å². The minimum Gasteiger partial charge on any atom is -0.480 e. The van der Waals surface area contributed by atoms with E-state index in [4.69, 9.17) is 15.9 Å². The van der Waals surface area contributed by atoms with E-state index in [9.17, 15) is 24.3 Å². The van der Waals surface area contributed by atoms with Crippen LogP contribution in [0.1, 0.15) is 41.0 Å². The Bertz CT molecular complexity index is 581. The van der Waals surface area contributed by atoms with Crippen LogP contribution in [-0.2, 0) is 19.2 Å². The van der Waals surface area contributed by atoms with Crippen molar-refractivity contribution >= 4 is 23.7 Å². The second kappa shape index (κ2) is 12.3. The van der Waals surface area contributed by atoms with Crippen LogP contribution in [0.3, 0.4) is 0 Å². The fourth-order valence-electron chi connectivity index (χ4n) is 2.49. The Hall–Kier alpha value is -2.24. The molecule has 0 heterocycles. The average molecular weight is 418 g/mol. The van der Waals surface area contributed by atoms with Crippen LogP contribution in [0.25, 0.3) is 0 Å². The first-order valence-electron chi connectivity index (χ1n) is 9.50. The van der Waals surface area contributed by atoms with Crippen LogP contribution in [0.2, 0.25) is 0 Å². The Morgan fingerprint density at radius 2 is 1.38 bits per heavy atom. The number of hydrogen-bond acceptors (Lipinski definition) is 7. The number of carbonyl (C=O) groups is 4. The van der Waals surface area contributed by atoms with Crippen molar-refractivity contribution in [2.24, 2.45) is 17.6 Å². The van der Waals surface area contributed by atoms with E-state index in [1.807, 2.05) is 13.8 Å². The molecule has 3 amide bonds. The van der Waals surface area contributed by atoms with Gasteiger partial charge in [0.05, 0.1) is 12.7 Å². The molecule has 29 heavy (non-hydrogen) atoms. The zero-order valence-corrected chi connectivity index (χ0v) is 17.5. The lowest BCUT2D eigenvalue weighted by molar-refractivity contribution is -0.145. The second-order valence-corrected chi connectivity index (χ2v) is 7.78. The minimum absolute atomic E-state index is 0.0226. The summed E-state index contributed by atoms with van der Waals surface area (Å²) in [6, 6.07) is -4.82. The van der Waals surface area contributed by atoms with Crippen LogP contribution < -0.4 is 21.7 Å². The molecule has 0 radical (unpaired) electrons. The highest BCUT2D eigenvalue weighted by Gasteiger charge is 2.33. The topological polar surface area (TPSA) is 191 Å². The molecule has 0 aliphatic rings. The number of carbonyl (C=O) groups excluding carboxylic acids is 3. The Labute approximate surface area is 170 Å². The maximum absolute atomic E-state index is 12.7. The van der Waals surface area contributed by atoms with Crippen molar-refractivity contribution in [3.05, 3.63) is 0 Å². The van der Waals surface area contributed by atoms with Crippen LogP contribution in [-0.4, -0.2) is 75.9 Å². The lowest BCUT2D eigenvalue weighted by Gasteiger charge is -2.28. The highest BCUT2D eigenvalue weighted by atomic mass is 16.4. The lowest BCUT2D eigenvalue weighted by Crippen LogP contribution is -2.59. The first-order valence-corrected chi connectivity index (χ1v) is 9.50. The Morgan fingerprint density at radius 1 is 0.862 bits per heavy atom. The molecule has 0 fully saturated rings. The van der Waals surface area contributed by atoms with Crippen LogP contribution in [0.15, 0.2) is 0 Å². The number of nitrogens with one attached hydrogen (secondary N) is 3. The molecule has 11 nitrogen and oxygen atoms in total. The van der Waals surface area contributed by atoms with Gasteiger partial charge in [-0.05, 0) is 25.2 Å². The zero-order chi connectivity index (χ0) is 22.9. The third-order valence-electron chi connectivity index (χ3n) is 4.17. The molecule has 11 heteroatoms. The van der Waals surface area contributed by atoms with E-state index in [0.29, 0.717) is 0 Å². The first kappa shape index (κ1) is 26.8. The number of aliphatic hydroxyl groups excluding tert-OH is 2. The fourth-order valence-corrected chi connectivity index (χ4v) is 2.49. The molecule has 8 N–H and O–H groups in total. The molecule has 0 aliphatic carbocycles. The van der Waals surface area contributed by atoms with Gasteiger partial charge in [-0.3, -0.25) is 14.4 Å². The monoisotopic (exact) mass is 418 g/mol. The van der Waals surface area contributed by atoms with Gasteiger partial charge in [0.15, 0.2) is 6.04 Å². The van der Waals surface area contributed by atoms with Gasteiger partial charge in [-0.25, -0.2) is 4.79 Å². The number of amides is 3. The van der Waals surface area contributed by atoms with Gasteiger partial charge in [-0.15, -0.1) is 0 Å². The van der Waals surface area contributed by atoms with Crippen molar-refractivity contribution < 1.29 is 34.5 Å². The van der Waals surface area contributed by atoms with E-state index in [1.165, 1.54) is 6.92 Å². The molecule has 0 aromatic carbocycles. The van der Waals surface area contributed by atoms with Gasteiger partial charge >= 0.3 is 5.97 Å². The first-order chi connectivity index (χ1) is 13.3. The summed E-state index contributed by atoms with van der Waals surface area (Å²) >= 11 is 0. The van der Waals surface area contributed by atoms with Crippen molar-refractivity contribution in [3.8, 4) is 0 Å². The lowest BCUT2D eigenvalue weighted by atomic mass is 9.99. The Kier molecular flexibility index (Phi) is 11.4. The number of carboxylic acid groups (broad SMARTS) is 1. The van der Waals surface area contributed by atoms with Crippen LogP contribution in [0.4, 0.5) is 0 Å². The van der Waals surface area contributed by atoms with Crippen molar-refractivity contribution in [1.29, 1.82) is 0 Å². The number of rotatable bonds is 12. The highest BCUT2D eigenvalue weighted by molar-refractivity contribution is 5.94. The summed E-state index contributed by atoms with van der Waals surface area (Å²) in [7, 11) is 0. The van der Waals surface area contributed by atoms with Gasteiger partial charge in [0.2, 0.25) is 17.7 Å². The largest absolute Gasteiger partial charge is 0.480 e. The summed E-state index contributed by atoms with van der Waals surface area (Å²) < 4.78 is 0. The maximum Gasteiger partial charge on any atom is 0.328 e. The molecule has 0 aromatic rings. The standard InChI is InChI=1S/C18H34N4O7/c1-8(2)6-12(20-15(25)11(19)7-23)16(26)21-13(9(3)4)17(27)22-14(10(5)24)18(28)29/h8-14,23-24H,6-7,19H2,1-5H3,(H,20,25)(H,21,26)(H,22,27)(H,28,29). The van der Waals surface area contributed by atoms with Crippen molar-refractivity contribution in [1.82, 2.24) is 16.0 Å². The molecule has 5 atom stereocenters. The Balaban J connectivity index is 5.38. The molecule has 0 bridgehead atoms. The molecular weight excluding hydrogens is 384 g/mol. The predicted octanol–water partition coefficient (Wildman–Crippen LogP) is -2.07.